The fraction of sp³-hybridized carbons (Fsp3) is 0.833. The molecular weight excluding hydrogens is 124 g/mol. The first-order chi connectivity index (χ1) is 4.17. The maximum Gasteiger partial charge on any atom is 0.321 e. The molecule has 0 aliphatic heterocycles. The number of hydrogen-bond donors (Lipinski definition) is 0. The molecule has 0 aromatic rings. The number of nitrogens with zero attached hydrogens (tertiary/aromatic N) is 1. The van der Waals surface area contributed by atoms with Crippen LogP contribution in [0.2, 0.25) is 0 Å². The van der Waals surface area contributed by atoms with E-state index in [1.165, 1.54) is 0 Å². The lowest BCUT2D eigenvalue weighted by molar-refractivity contribution is 0.00379. The van der Waals surface area contributed by atoms with Gasteiger partial charge in [-0.2, -0.15) is 8.78 Å². The fourth-order valence-corrected chi connectivity index (χ4v) is 1.07. The smallest absolute Gasteiger partial charge is 0.307 e. The van der Waals surface area contributed by atoms with Crippen LogP contribution < -0.4 is 0 Å². The zero-order chi connectivity index (χ0) is 6.91. The number of hydrogen-bond acceptors (Lipinski definition) is 0. The average molecular weight is 131 g/mol. The maximum absolute atomic E-state index is 12.4. The molecule has 0 heterocycles. The van der Waals surface area contributed by atoms with E-state index in [4.69, 9.17) is 6.57 Å². The van der Waals surface area contributed by atoms with Crippen molar-refractivity contribution in [1.29, 1.82) is 0 Å². The zero-order valence-electron chi connectivity index (χ0n) is 4.90. The highest BCUT2D eigenvalue weighted by atomic mass is 19.3. The third-order valence-electron chi connectivity index (χ3n) is 1.63. The van der Waals surface area contributed by atoms with E-state index in [9.17, 15) is 8.78 Å². The summed E-state index contributed by atoms with van der Waals surface area (Å²) < 4.78 is 24.8. The van der Waals surface area contributed by atoms with Gasteiger partial charge >= 0.3 is 5.92 Å². The van der Waals surface area contributed by atoms with E-state index in [1.54, 1.807) is 0 Å². The molecule has 1 saturated carbocycles. The van der Waals surface area contributed by atoms with Gasteiger partial charge in [-0.3, -0.25) is 0 Å². The van der Waals surface area contributed by atoms with Crippen LogP contribution in [-0.2, 0) is 0 Å². The molecule has 1 aliphatic carbocycles. The van der Waals surface area contributed by atoms with Gasteiger partial charge in [-0.15, -0.1) is 0 Å². The minimum atomic E-state index is -2.69. The standard InChI is InChI=1S/C6H7F2N/c1-9-5-3-2-4-6(5,7)8/h5H,2-4H2. The summed E-state index contributed by atoms with van der Waals surface area (Å²) in [4.78, 5) is 2.84. The Morgan fingerprint density at radius 1 is 1.56 bits per heavy atom. The molecule has 3 heteroatoms. The lowest BCUT2D eigenvalue weighted by atomic mass is 10.2. The van der Waals surface area contributed by atoms with Crippen molar-refractivity contribution in [2.75, 3.05) is 0 Å². The molecule has 50 valence electrons. The Bertz CT molecular complexity index is 148. The molecule has 1 fully saturated rings. The van der Waals surface area contributed by atoms with Crippen molar-refractivity contribution >= 4 is 0 Å². The summed E-state index contributed by atoms with van der Waals surface area (Å²) in [6.07, 6.45) is 0.774. The van der Waals surface area contributed by atoms with Crippen LogP contribution in [0.5, 0.6) is 0 Å². The van der Waals surface area contributed by atoms with Gasteiger partial charge in [0.2, 0.25) is 0 Å². The first-order valence-corrected chi connectivity index (χ1v) is 2.91. The van der Waals surface area contributed by atoms with Crippen LogP contribution in [0.4, 0.5) is 8.78 Å². The Morgan fingerprint density at radius 3 is 2.44 bits per heavy atom. The highest BCUT2D eigenvalue weighted by Gasteiger charge is 2.49. The molecule has 1 rings (SSSR count). The second kappa shape index (κ2) is 1.94. The van der Waals surface area contributed by atoms with Gasteiger partial charge < -0.3 is 4.85 Å². The van der Waals surface area contributed by atoms with Crippen molar-refractivity contribution in [1.82, 2.24) is 0 Å². The van der Waals surface area contributed by atoms with E-state index in [0.717, 1.165) is 0 Å². The van der Waals surface area contributed by atoms with Crippen molar-refractivity contribution in [3.05, 3.63) is 11.4 Å². The van der Waals surface area contributed by atoms with Gasteiger partial charge in [0.1, 0.15) is 0 Å². The number of halogens is 2. The Kier molecular flexibility index (Phi) is 1.40. The van der Waals surface area contributed by atoms with Gasteiger partial charge in [-0.05, 0) is 6.42 Å². The summed E-state index contributed by atoms with van der Waals surface area (Å²) in [7, 11) is 0. The molecule has 1 unspecified atom stereocenters. The SMILES string of the molecule is [C-]#[N+]C1CCCC1(F)F. The predicted molar refractivity (Wildman–Crippen MR) is 29.2 cm³/mol. The molecule has 0 bridgehead atoms. The summed E-state index contributed by atoms with van der Waals surface area (Å²) in [5.74, 6) is -2.69. The van der Waals surface area contributed by atoms with Gasteiger partial charge in [-0.1, -0.05) is 0 Å². The fourth-order valence-electron chi connectivity index (χ4n) is 1.07. The van der Waals surface area contributed by atoms with Crippen LogP contribution >= 0.6 is 0 Å². The second-order valence-corrected chi connectivity index (χ2v) is 2.30. The summed E-state index contributed by atoms with van der Waals surface area (Å²) in [6.45, 7) is 6.40. The highest BCUT2D eigenvalue weighted by molar-refractivity contribution is 4.96. The molecule has 0 saturated heterocycles. The Morgan fingerprint density at radius 2 is 2.22 bits per heavy atom. The molecule has 1 aliphatic rings. The molecule has 0 aromatic carbocycles. The van der Waals surface area contributed by atoms with Crippen molar-refractivity contribution in [3.8, 4) is 0 Å². The van der Waals surface area contributed by atoms with E-state index < -0.39 is 12.0 Å². The van der Waals surface area contributed by atoms with Crippen LogP contribution in [0.3, 0.4) is 0 Å². The minimum absolute atomic E-state index is 0.0972. The first kappa shape index (κ1) is 6.47. The lowest BCUT2D eigenvalue weighted by Gasteiger charge is -2.06. The molecule has 1 nitrogen and oxygen atoms in total. The van der Waals surface area contributed by atoms with Crippen molar-refractivity contribution < 1.29 is 8.78 Å². The Hall–Kier alpha value is -0.650. The highest BCUT2D eigenvalue weighted by Crippen LogP contribution is 2.36. The quantitative estimate of drug-likeness (QED) is 0.443. The lowest BCUT2D eigenvalue weighted by Crippen LogP contribution is -2.23. The largest absolute Gasteiger partial charge is 0.321 e. The Balaban J connectivity index is 2.65. The van der Waals surface area contributed by atoms with Crippen molar-refractivity contribution in [2.24, 2.45) is 0 Å². The summed E-state index contributed by atoms with van der Waals surface area (Å²) in [5.41, 5.74) is 0. The average Bonchev–Trinajstić information content (AvgIpc) is 2.08. The van der Waals surface area contributed by atoms with Gasteiger partial charge in [-0.25, -0.2) is 6.57 Å². The van der Waals surface area contributed by atoms with Crippen LogP contribution in [0, 0.1) is 6.57 Å². The minimum Gasteiger partial charge on any atom is -0.307 e. The van der Waals surface area contributed by atoms with Crippen LogP contribution in [0.25, 0.3) is 4.85 Å². The molecule has 0 aromatic heterocycles. The molecular formula is C6H7F2N. The van der Waals surface area contributed by atoms with Gasteiger partial charge in [0, 0.05) is 12.8 Å². The molecule has 1 atom stereocenters. The normalized spacial score (nSPS) is 31.9. The zero-order valence-corrected chi connectivity index (χ0v) is 4.90. The van der Waals surface area contributed by atoms with Crippen LogP contribution in [0.15, 0.2) is 0 Å². The van der Waals surface area contributed by atoms with E-state index >= 15 is 0 Å². The van der Waals surface area contributed by atoms with Crippen LogP contribution in [-0.4, -0.2) is 12.0 Å². The number of alkyl halides is 2. The predicted octanol–water partition coefficient (Wildman–Crippen LogP) is 2.09. The molecule has 0 radical (unpaired) electrons. The summed E-state index contributed by atoms with van der Waals surface area (Å²) in [6, 6.07) is -1.03. The molecule has 9 heavy (non-hydrogen) atoms. The van der Waals surface area contributed by atoms with E-state index in [-0.39, 0.29) is 6.42 Å². The molecule has 0 N–H and O–H groups in total. The number of rotatable bonds is 0. The third kappa shape index (κ3) is 1.02. The van der Waals surface area contributed by atoms with E-state index in [2.05, 4.69) is 4.85 Å². The maximum atomic E-state index is 12.4. The summed E-state index contributed by atoms with van der Waals surface area (Å²) in [5, 5.41) is 0. The molecule has 0 amide bonds. The first-order valence-electron chi connectivity index (χ1n) is 2.91. The molecule has 0 spiro atoms. The second-order valence-electron chi connectivity index (χ2n) is 2.30. The van der Waals surface area contributed by atoms with Crippen molar-refractivity contribution in [2.45, 2.75) is 31.2 Å². The van der Waals surface area contributed by atoms with E-state index in [0.29, 0.717) is 12.8 Å². The van der Waals surface area contributed by atoms with Crippen molar-refractivity contribution in [3.63, 3.8) is 0 Å². The topological polar surface area (TPSA) is 4.36 Å². The van der Waals surface area contributed by atoms with Gasteiger partial charge in [0.05, 0.1) is 0 Å². The van der Waals surface area contributed by atoms with E-state index in [1.807, 2.05) is 0 Å². The Labute approximate surface area is 52.5 Å². The summed E-state index contributed by atoms with van der Waals surface area (Å²) >= 11 is 0. The third-order valence-corrected chi connectivity index (χ3v) is 1.63. The van der Waals surface area contributed by atoms with Gasteiger partial charge in [0.25, 0.3) is 6.04 Å². The monoisotopic (exact) mass is 131 g/mol. The van der Waals surface area contributed by atoms with Crippen LogP contribution in [0.1, 0.15) is 19.3 Å². The van der Waals surface area contributed by atoms with Gasteiger partial charge in [0.15, 0.2) is 0 Å².